The van der Waals surface area contributed by atoms with Gasteiger partial charge in [0.25, 0.3) is 0 Å². The average molecular weight is 198 g/mol. The highest BCUT2D eigenvalue weighted by Gasteiger charge is 2.35. The van der Waals surface area contributed by atoms with Crippen LogP contribution in [0.4, 0.5) is 0 Å². The molecule has 0 spiro atoms. The van der Waals surface area contributed by atoms with Gasteiger partial charge in [0.1, 0.15) is 0 Å². The second-order valence-corrected chi connectivity index (χ2v) is 4.97. The predicted octanol–water partition coefficient (Wildman–Crippen LogP) is 0.536. The highest BCUT2D eigenvalue weighted by molar-refractivity contribution is 4.91. The quantitative estimate of drug-likeness (QED) is 0.701. The summed E-state index contributed by atoms with van der Waals surface area (Å²) in [6, 6.07) is 1.16. The van der Waals surface area contributed by atoms with Crippen molar-refractivity contribution in [2.75, 3.05) is 27.2 Å². The van der Waals surface area contributed by atoms with Crippen molar-refractivity contribution in [2.24, 2.45) is 0 Å². The van der Waals surface area contributed by atoms with E-state index in [0.717, 1.165) is 13.0 Å². The molecule has 3 heteroatoms. The Balaban J connectivity index is 1.88. The van der Waals surface area contributed by atoms with Gasteiger partial charge in [-0.15, -0.1) is 0 Å². The zero-order valence-electron chi connectivity index (χ0n) is 9.32. The smallest absolute Gasteiger partial charge is 0.0695 e. The monoisotopic (exact) mass is 198 g/mol. The minimum atomic E-state index is -0.0593. The average Bonchev–Trinajstić information content (AvgIpc) is 2.71. The van der Waals surface area contributed by atoms with Gasteiger partial charge < -0.3 is 10.0 Å². The molecule has 1 unspecified atom stereocenters. The van der Waals surface area contributed by atoms with Gasteiger partial charge in [-0.1, -0.05) is 0 Å². The van der Waals surface area contributed by atoms with Crippen LogP contribution >= 0.6 is 0 Å². The molecule has 0 radical (unpaired) electrons. The maximum absolute atomic E-state index is 9.82. The van der Waals surface area contributed by atoms with Gasteiger partial charge in [-0.2, -0.15) is 0 Å². The maximum Gasteiger partial charge on any atom is 0.0695 e. The molecule has 2 fully saturated rings. The van der Waals surface area contributed by atoms with E-state index < -0.39 is 0 Å². The topological polar surface area (TPSA) is 26.7 Å². The Bertz CT molecular complexity index is 196. The minimum Gasteiger partial charge on any atom is -0.391 e. The van der Waals surface area contributed by atoms with Crippen LogP contribution in [0, 0.1) is 0 Å². The molecular formula is C11H22N2O. The van der Waals surface area contributed by atoms with Gasteiger partial charge in [-0.3, -0.25) is 4.90 Å². The Labute approximate surface area is 86.7 Å². The molecule has 3 nitrogen and oxygen atoms in total. The van der Waals surface area contributed by atoms with Gasteiger partial charge in [-0.25, -0.2) is 0 Å². The van der Waals surface area contributed by atoms with Gasteiger partial charge in [0.05, 0.1) is 6.10 Å². The van der Waals surface area contributed by atoms with Crippen LogP contribution in [0.1, 0.15) is 25.7 Å². The maximum atomic E-state index is 9.82. The molecule has 0 bridgehead atoms. The normalized spacial score (nSPS) is 39.9. The highest BCUT2D eigenvalue weighted by Crippen LogP contribution is 2.27. The van der Waals surface area contributed by atoms with Crippen LogP contribution in [0.2, 0.25) is 0 Å². The lowest BCUT2D eigenvalue weighted by atomic mass is 10.2. The summed E-state index contributed by atoms with van der Waals surface area (Å²) in [4.78, 5) is 4.80. The number of rotatable bonds is 2. The van der Waals surface area contributed by atoms with E-state index in [9.17, 15) is 5.11 Å². The van der Waals surface area contributed by atoms with Crippen molar-refractivity contribution < 1.29 is 5.11 Å². The summed E-state index contributed by atoms with van der Waals surface area (Å²) in [5.41, 5.74) is 0. The summed E-state index contributed by atoms with van der Waals surface area (Å²) in [6.07, 6.45) is 4.61. The number of hydrogen-bond donors (Lipinski definition) is 1. The van der Waals surface area contributed by atoms with Crippen LogP contribution in [-0.2, 0) is 0 Å². The van der Waals surface area contributed by atoms with Crippen LogP contribution in [0.15, 0.2) is 0 Å². The van der Waals surface area contributed by atoms with Crippen LogP contribution in [0.25, 0.3) is 0 Å². The van der Waals surface area contributed by atoms with Crippen molar-refractivity contribution in [1.82, 2.24) is 9.80 Å². The molecule has 1 N–H and O–H groups in total. The molecule has 0 aromatic heterocycles. The lowest BCUT2D eigenvalue weighted by Crippen LogP contribution is -2.41. The molecule has 0 aromatic carbocycles. The van der Waals surface area contributed by atoms with Gasteiger partial charge in [0.2, 0.25) is 0 Å². The molecule has 0 aromatic rings. The number of likely N-dealkylation sites (N-methyl/N-ethyl adjacent to an activating group) is 1. The van der Waals surface area contributed by atoms with E-state index in [1.807, 2.05) is 0 Å². The van der Waals surface area contributed by atoms with Crippen LogP contribution in [0.3, 0.4) is 0 Å². The highest BCUT2D eigenvalue weighted by atomic mass is 16.3. The van der Waals surface area contributed by atoms with Crippen LogP contribution in [-0.4, -0.2) is 60.3 Å². The fourth-order valence-electron chi connectivity index (χ4n) is 2.84. The fourth-order valence-corrected chi connectivity index (χ4v) is 2.84. The van der Waals surface area contributed by atoms with Gasteiger partial charge in [-0.05, 0) is 39.8 Å². The van der Waals surface area contributed by atoms with E-state index >= 15 is 0 Å². The Morgan fingerprint density at radius 3 is 2.50 bits per heavy atom. The van der Waals surface area contributed by atoms with E-state index in [-0.39, 0.29) is 6.10 Å². The molecule has 14 heavy (non-hydrogen) atoms. The van der Waals surface area contributed by atoms with Crippen LogP contribution in [0.5, 0.6) is 0 Å². The Morgan fingerprint density at radius 1 is 1.21 bits per heavy atom. The Kier molecular flexibility index (Phi) is 3.10. The number of likely N-dealkylation sites (tertiary alicyclic amines) is 1. The van der Waals surface area contributed by atoms with E-state index in [1.165, 1.54) is 25.8 Å². The zero-order valence-corrected chi connectivity index (χ0v) is 9.32. The largest absolute Gasteiger partial charge is 0.391 e. The summed E-state index contributed by atoms with van der Waals surface area (Å²) in [7, 11) is 4.30. The minimum absolute atomic E-state index is 0.0593. The molecule has 2 aliphatic rings. The molecular weight excluding hydrogens is 176 g/mol. The molecule has 3 atom stereocenters. The third-order valence-electron chi connectivity index (χ3n) is 3.84. The third-order valence-corrected chi connectivity index (χ3v) is 3.84. The van der Waals surface area contributed by atoms with Crippen molar-refractivity contribution in [3.63, 3.8) is 0 Å². The van der Waals surface area contributed by atoms with E-state index in [4.69, 9.17) is 0 Å². The first-order valence-electron chi connectivity index (χ1n) is 5.77. The molecule has 2 rings (SSSR count). The zero-order chi connectivity index (χ0) is 10.1. The van der Waals surface area contributed by atoms with Gasteiger partial charge in [0, 0.05) is 25.2 Å². The van der Waals surface area contributed by atoms with E-state index in [2.05, 4.69) is 23.9 Å². The summed E-state index contributed by atoms with van der Waals surface area (Å²) < 4.78 is 0. The molecule has 1 aliphatic heterocycles. The molecule has 82 valence electrons. The first-order valence-corrected chi connectivity index (χ1v) is 5.77. The number of hydrogen-bond acceptors (Lipinski definition) is 3. The van der Waals surface area contributed by atoms with Crippen molar-refractivity contribution in [3.8, 4) is 0 Å². The summed E-state index contributed by atoms with van der Waals surface area (Å²) in [5.74, 6) is 0. The van der Waals surface area contributed by atoms with Gasteiger partial charge >= 0.3 is 0 Å². The van der Waals surface area contributed by atoms with Crippen molar-refractivity contribution >= 4 is 0 Å². The second kappa shape index (κ2) is 4.17. The third kappa shape index (κ3) is 1.95. The first kappa shape index (κ1) is 10.4. The van der Waals surface area contributed by atoms with Crippen molar-refractivity contribution in [1.29, 1.82) is 0 Å². The molecule has 1 saturated heterocycles. The molecule has 0 amide bonds. The SMILES string of the molecule is CN(C)C1CCN([C@@H]2CCC[C@H]2O)C1. The molecule has 1 heterocycles. The first-order chi connectivity index (χ1) is 6.68. The van der Waals surface area contributed by atoms with Crippen molar-refractivity contribution in [2.45, 2.75) is 43.9 Å². The number of aliphatic hydroxyl groups excluding tert-OH is 1. The van der Waals surface area contributed by atoms with Gasteiger partial charge in [0.15, 0.2) is 0 Å². The summed E-state index contributed by atoms with van der Waals surface area (Å²) in [6.45, 7) is 2.32. The second-order valence-electron chi connectivity index (χ2n) is 4.97. The Morgan fingerprint density at radius 2 is 2.00 bits per heavy atom. The van der Waals surface area contributed by atoms with Crippen molar-refractivity contribution in [3.05, 3.63) is 0 Å². The Hall–Kier alpha value is -0.120. The summed E-state index contributed by atoms with van der Waals surface area (Å²) >= 11 is 0. The van der Waals surface area contributed by atoms with Crippen LogP contribution < -0.4 is 0 Å². The van der Waals surface area contributed by atoms with E-state index in [1.54, 1.807) is 0 Å². The number of aliphatic hydroxyl groups is 1. The molecule has 1 saturated carbocycles. The number of nitrogens with zero attached hydrogens (tertiary/aromatic N) is 2. The van der Waals surface area contributed by atoms with E-state index in [0.29, 0.717) is 12.1 Å². The lowest BCUT2D eigenvalue weighted by Gasteiger charge is -2.27. The predicted molar refractivity (Wildman–Crippen MR) is 57.3 cm³/mol. The molecule has 1 aliphatic carbocycles. The fraction of sp³-hybridized carbons (Fsp3) is 1.00. The summed E-state index contributed by atoms with van der Waals surface area (Å²) in [5, 5.41) is 9.82. The lowest BCUT2D eigenvalue weighted by molar-refractivity contribution is 0.0813. The standard InChI is InChI=1S/C11H22N2O/c1-12(2)9-6-7-13(8-9)10-4-3-5-11(10)14/h9-11,14H,3-8H2,1-2H3/t9?,10-,11-/m1/s1.